The topological polar surface area (TPSA) is 74.6 Å². The van der Waals surface area contributed by atoms with E-state index in [1.807, 2.05) is 13.8 Å². The number of phenols is 1. The predicted octanol–water partition coefficient (Wildman–Crippen LogP) is 2.87. The number of benzene rings is 1. The molecule has 4 heteroatoms. The van der Waals surface area contributed by atoms with Gasteiger partial charge in [-0.2, -0.15) is 0 Å². The van der Waals surface area contributed by atoms with Gasteiger partial charge in [0.15, 0.2) is 5.78 Å². The number of carboxylic acid groups (broad SMARTS) is 1. The van der Waals surface area contributed by atoms with Gasteiger partial charge in [0.05, 0.1) is 6.42 Å². The van der Waals surface area contributed by atoms with E-state index in [2.05, 4.69) is 0 Å². The van der Waals surface area contributed by atoms with Gasteiger partial charge in [0.1, 0.15) is 5.75 Å². The summed E-state index contributed by atoms with van der Waals surface area (Å²) in [6.07, 6.45) is -0.186. The van der Waals surface area contributed by atoms with Crippen LogP contribution in [0.4, 0.5) is 0 Å². The summed E-state index contributed by atoms with van der Waals surface area (Å²) in [7, 11) is 0. The monoisotopic (exact) mass is 250 g/mol. The molecule has 18 heavy (non-hydrogen) atoms. The maximum Gasteiger partial charge on any atom is 0.303 e. The smallest absolute Gasteiger partial charge is 0.303 e. The molecule has 0 aliphatic carbocycles. The number of aryl methyl sites for hydroxylation is 1. The van der Waals surface area contributed by atoms with Gasteiger partial charge < -0.3 is 10.2 Å². The van der Waals surface area contributed by atoms with E-state index >= 15 is 0 Å². The second-order valence-corrected chi connectivity index (χ2v) is 4.70. The van der Waals surface area contributed by atoms with Crippen molar-refractivity contribution in [1.82, 2.24) is 0 Å². The van der Waals surface area contributed by atoms with Crippen LogP contribution in [0.15, 0.2) is 12.1 Å². The standard InChI is InChI=1S/C14H18O4/c1-8(2)10-7-11(9(3)6-13(10)16)12(15)4-5-14(17)18/h6-8,16H,4-5H2,1-3H3,(H,17,18). The Balaban J connectivity index is 3.04. The van der Waals surface area contributed by atoms with Crippen LogP contribution in [-0.2, 0) is 4.79 Å². The largest absolute Gasteiger partial charge is 0.508 e. The molecule has 0 heterocycles. The second-order valence-electron chi connectivity index (χ2n) is 4.70. The van der Waals surface area contributed by atoms with Crippen molar-refractivity contribution in [3.05, 3.63) is 28.8 Å². The maximum absolute atomic E-state index is 11.9. The molecule has 1 rings (SSSR count). The summed E-state index contributed by atoms with van der Waals surface area (Å²) in [6.45, 7) is 5.59. The second kappa shape index (κ2) is 5.67. The average Bonchev–Trinajstić information content (AvgIpc) is 2.25. The van der Waals surface area contributed by atoms with Gasteiger partial charge >= 0.3 is 5.97 Å². The predicted molar refractivity (Wildman–Crippen MR) is 68.1 cm³/mol. The Hall–Kier alpha value is -1.84. The summed E-state index contributed by atoms with van der Waals surface area (Å²) >= 11 is 0. The Bertz CT molecular complexity index is 475. The first-order valence-corrected chi connectivity index (χ1v) is 5.91. The van der Waals surface area contributed by atoms with E-state index in [1.54, 1.807) is 19.1 Å². The van der Waals surface area contributed by atoms with Crippen molar-refractivity contribution in [2.24, 2.45) is 0 Å². The lowest BCUT2D eigenvalue weighted by atomic mass is 9.93. The molecule has 1 aromatic rings. The summed E-state index contributed by atoms with van der Waals surface area (Å²) in [5, 5.41) is 18.4. The van der Waals surface area contributed by atoms with Crippen LogP contribution in [0.25, 0.3) is 0 Å². The van der Waals surface area contributed by atoms with Crippen molar-refractivity contribution in [2.75, 3.05) is 0 Å². The van der Waals surface area contributed by atoms with Gasteiger partial charge in [-0.15, -0.1) is 0 Å². The molecule has 0 aliphatic rings. The summed E-state index contributed by atoms with van der Waals surface area (Å²) in [6, 6.07) is 3.23. The number of phenolic OH excluding ortho intramolecular Hbond substituents is 1. The van der Waals surface area contributed by atoms with E-state index in [0.29, 0.717) is 16.7 Å². The first-order chi connectivity index (χ1) is 8.32. The molecule has 0 aliphatic heterocycles. The number of carbonyl (C=O) groups excluding carboxylic acids is 1. The number of Topliss-reactive ketones (excluding diaryl/α,β-unsaturated/α-hetero) is 1. The highest BCUT2D eigenvalue weighted by atomic mass is 16.4. The minimum absolute atomic E-state index is 0.0154. The maximum atomic E-state index is 11.9. The van der Waals surface area contributed by atoms with E-state index in [-0.39, 0.29) is 30.3 Å². The quantitative estimate of drug-likeness (QED) is 0.788. The van der Waals surface area contributed by atoms with Gasteiger partial charge in [-0.1, -0.05) is 13.8 Å². The van der Waals surface area contributed by atoms with Gasteiger partial charge in [-0.25, -0.2) is 0 Å². The Morgan fingerprint density at radius 3 is 2.33 bits per heavy atom. The van der Waals surface area contributed by atoms with Crippen LogP contribution in [0, 0.1) is 6.92 Å². The fourth-order valence-electron chi connectivity index (χ4n) is 1.83. The highest BCUT2D eigenvalue weighted by Gasteiger charge is 2.15. The number of carboxylic acids is 1. The van der Waals surface area contributed by atoms with E-state index in [9.17, 15) is 14.7 Å². The van der Waals surface area contributed by atoms with E-state index in [4.69, 9.17) is 5.11 Å². The molecule has 0 atom stereocenters. The van der Waals surface area contributed by atoms with Crippen molar-refractivity contribution >= 4 is 11.8 Å². The van der Waals surface area contributed by atoms with Crippen molar-refractivity contribution in [2.45, 2.75) is 39.5 Å². The molecule has 0 saturated heterocycles. The molecule has 98 valence electrons. The Morgan fingerprint density at radius 1 is 1.22 bits per heavy atom. The van der Waals surface area contributed by atoms with Gasteiger partial charge in [-0.05, 0) is 36.1 Å². The van der Waals surface area contributed by atoms with E-state index in [1.165, 1.54) is 0 Å². The normalized spacial score (nSPS) is 10.7. The highest BCUT2D eigenvalue weighted by Crippen LogP contribution is 2.29. The molecular formula is C14H18O4. The molecule has 0 fully saturated rings. The molecule has 4 nitrogen and oxygen atoms in total. The summed E-state index contributed by atoms with van der Waals surface area (Å²) in [5.41, 5.74) is 1.88. The third-order valence-corrected chi connectivity index (χ3v) is 2.86. The number of hydrogen-bond donors (Lipinski definition) is 2. The molecule has 0 spiro atoms. The molecule has 1 aromatic carbocycles. The number of hydrogen-bond acceptors (Lipinski definition) is 3. The fourth-order valence-corrected chi connectivity index (χ4v) is 1.83. The van der Waals surface area contributed by atoms with Crippen LogP contribution in [0.2, 0.25) is 0 Å². The van der Waals surface area contributed by atoms with Gasteiger partial charge in [0.2, 0.25) is 0 Å². The minimum Gasteiger partial charge on any atom is -0.508 e. The zero-order chi connectivity index (χ0) is 13.9. The number of aliphatic carboxylic acids is 1. The van der Waals surface area contributed by atoms with Crippen LogP contribution >= 0.6 is 0 Å². The average molecular weight is 250 g/mol. The van der Waals surface area contributed by atoms with Gasteiger partial charge in [-0.3, -0.25) is 9.59 Å². The van der Waals surface area contributed by atoms with Crippen LogP contribution in [0.1, 0.15) is 54.1 Å². The molecule has 0 radical (unpaired) electrons. The SMILES string of the molecule is Cc1cc(O)c(C(C)C)cc1C(=O)CCC(=O)O. The lowest BCUT2D eigenvalue weighted by Crippen LogP contribution is -2.06. The zero-order valence-electron chi connectivity index (χ0n) is 10.9. The number of rotatable bonds is 5. The van der Waals surface area contributed by atoms with E-state index in [0.717, 1.165) is 0 Å². The lowest BCUT2D eigenvalue weighted by molar-refractivity contribution is -0.136. The number of ketones is 1. The Kier molecular flexibility index (Phi) is 4.48. The fraction of sp³-hybridized carbons (Fsp3) is 0.429. The molecular weight excluding hydrogens is 232 g/mol. The van der Waals surface area contributed by atoms with Crippen LogP contribution in [0.3, 0.4) is 0 Å². The molecule has 2 N–H and O–H groups in total. The first kappa shape index (κ1) is 14.2. The summed E-state index contributed by atoms with van der Waals surface area (Å²) < 4.78 is 0. The minimum atomic E-state index is -0.983. The molecule has 0 aromatic heterocycles. The highest BCUT2D eigenvalue weighted by molar-refractivity contribution is 5.99. The van der Waals surface area contributed by atoms with Crippen molar-refractivity contribution in [3.8, 4) is 5.75 Å². The molecule has 0 amide bonds. The third-order valence-electron chi connectivity index (χ3n) is 2.86. The van der Waals surface area contributed by atoms with E-state index < -0.39 is 5.97 Å². The Morgan fingerprint density at radius 2 is 1.83 bits per heavy atom. The van der Waals surface area contributed by atoms with Crippen LogP contribution in [-0.4, -0.2) is 22.0 Å². The first-order valence-electron chi connectivity index (χ1n) is 5.91. The summed E-state index contributed by atoms with van der Waals surface area (Å²) in [5.74, 6) is -0.894. The Labute approximate surface area is 106 Å². The molecule has 0 unspecified atom stereocenters. The lowest BCUT2D eigenvalue weighted by Gasteiger charge is -2.12. The van der Waals surface area contributed by atoms with Crippen molar-refractivity contribution < 1.29 is 19.8 Å². The third kappa shape index (κ3) is 3.32. The molecule has 0 saturated carbocycles. The summed E-state index contributed by atoms with van der Waals surface area (Å²) in [4.78, 5) is 22.4. The molecule has 0 bridgehead atoms. The van der Waals surface area contributed by atoms with Crippen LogP contribution in [0.5, 0.6) is 5.75 Å². The van der Waals surface area contributed by atoms with Gasteiger partial charge in [0, 0.05) is 12.0 Å². The number of aromatic hydroxyl groups is 1. The van der Waals surface area contributed by atoms with Gasteiger partial charge in [0.25, 0.3) is 0 Å². The van der Waals surface area contributed by atoms with Crippen LogP contribution < -0.4 is 0 Å². The van der Waals surface area contributed by atoms with Crippen molar-refractivity contribution in [3.63, 3.8) is 0 Å². The van der Waals surface area contributed by atoms with Crippen molar-refractivity contribution in [1.29, 1.82) is 0 Å². The zero-order valence-corrected chi connectivity index (χ0v) is 10.9. The number of carbonyl (C=O) groups is 2.